The molecule has 3 aromatic carbocycles. The van der Waals surface area contributed by atoms with Crippen molar-refractivity contribution >= 4 is 35.3 Å². The van der Waals surface area contributed by atoms with E-state index in [0.717, 1.165) is 16.7 Å². The SMILES string of the molecule is CSCCC(C)(NC(=O)c1ccc(/C=C(/Cn2ccnc2)c2ccc(F)cc2)cc1-c1ccc(F)cc1)C(=O)O. The molecule has 0 aliphatic carbocycles. The summed E-state index contributed by atoms with van der Waals surface area (Å²) in [4.78, 5) is 29.6. The zero-order chi connectivity index (χ0) is 28.7. The second-order valence-corrected chi connectivity index (χ2v) is 10.5. The molecule has 0 aliphatic heterocycles. The Morgan fingerprint density at radius 3 is 2.33 bits per heavy atom. The molecule has 206 valence electrons. The van der Waals surface area contributed by atoms with Gasteiger partial charge in [-0.05, 0) is 95.7 Å². The third-order valence-corrected chi connectivity index (χ3v) is 7.19. The van der Waals surface area contributed by atoms with Crippen LogP contribution in [0.1, 0.15) is 34.8 Å². The number of imidazole rings is 1. The molecule has 4 rings (SSSR count). The molecule has 0 radical (unpaired) electrons. The number of thioether (sulfide) groups is 1. The van der Waals surface area contributed by atoms with Crippen LogP contribution in [0.5, 0.6) is 0 Å². The highest BCUT2D eigenvalue weighted by atomic mass is 32.2. The average Bonchev–Trinajstić information content (AvgIpc) is 3.45. The number of carboxylic acid groups (broad SMARTS) is 1. The van der Waals surface area contributed by atoms with Crippen molar-refractivity contribution in [2.45, 2.75) is 25.4 Å². The van der Waals surface area contributed by atoms with E-state index < -0.39 is 23.2 Å². The van der Waals surface area contributed by atoms with E-state index in [-0.39, 0.29) is 17.8 Å². The summed E-state index contributed by atoms with van der Waals surface area (Å²) in [6.45, 7) is 1.95. The van der Waals surface area contributed by atoms with Crippen molar-refractivity contribution in [3.63, 3.8) is 0 Å². The number of aliphatic carboxylic acids is 1. The predicted molar refractivity (Wildman–Crippen MR) is 155 cm³/mol. The van der Waals surface area contributed by atoms with Crippen LogP contribution in [-0.2, 0) is 11.3 Å². The third-order valence-electron chi connectivity index (χ3n) is 6.58. The van der Waals surface area contributed by atoms with Crippen molar-refractivity contribution in [2.24, 2.45) is 0 Å². The monoisotopic (exact) mass is 561 g/mol. The number of carboxylic acids is 1. The highest BCUT2D eigenvalue weighted by Crippen LogP contribution is 2.29. The number of allylic oxidation sites excluding steroid dienone is 1. The molecule has 1 heterocycles. The van der Waals surface area contributed by atoms with Gasteiger partial charge in [0.1, 0.15) is 17.2 Å². The Morgan fingerprint density at radius 2 is 1.73 bits per heavy atom. The van der Waals surface area contributed by atoms with Gasteiger partial charge in [-0.2, -0.15) is 11.8 Å². The molecule has 0 fully saturated rings. The fourth-order valence-electron chi connectivity index (χ4n) is 4.23. The fourth-order valence-corrected chi connectivity index (χ4v) is 4.84. The van der Waals surface area contributed by atoms with Gasteiger partial charge in [-0.3, -0.25) is 4.79 Å². The van der Waals surface area contributed by atoms with Crippen LogP contribution < -0.4 is 5.32 Å². The zero-order valence-corrected chi connectivity index (χ0v) is 22.9. The van der Waals surface area contributed by atoms with Gasteiger partial charge in [0.05, 0.1) is 6.33 Å². The summed E-state index contributed by atoms with van der Waals surface area (Å²) in [5.41, 5.74) is 2.35. The first-order valence-corrected chi connectivity index (χ1v) is 13.9. The van der Waals surface area contributed by atoms with Crippen LogP contribution in [0.15, 0.2) is 85.5 Å². The van der Waals surface area contributed by atoms with Crippen molar-refractivity contribution in [3.8, 4) is 11.1 Å². The smallest absolute Gasteiger partial charge is 0.329 e. The Kier molecular flexibility index (Phi) is 9.16. The van der Waals surface area contributed by atoms with Crippen LogP contribution >= 0.6 is 11.8 Å². The van der Waals surface area contributed by atoms with E-state index in [4.69, 9.17) is 0 Å². The Hall–Kier alpha value is -4.24. The van der Waals surface area contributed by atoms with E-state index in [1.54, 1.807) is 55.0 Å². The number of nitrogens with one attached hydrogen (secondary N) is 1. The second kappa shape index (κ2) is 12.7. The van der Waals surface area contributed by atoms with Gasteiger partial charge in [0.2, 0.25) is 0 Å². The molecule has 4 aromatic rings. The van der Waals surface area contributed by atoms with E-state index in [1.165, 1.54) is 43.0 Å². The van der Waals surface area contributed by atoms with Crippen molar-refractivity contribution in [3.05, 3.63) is 114 Å². The van der Waals surface area contributed by atoms with Gasteiger partial charge < -0.3 is 15.0 Å². The Labute approximate surface area is 235 Å². The molecule has 0 bridgehead atoms. The highest BCUT2D eigenvalue weighted by Gasteiger charge is 2.35. The van der Waals surface area contributed by atoms with Crippen LogP contribution in [0, 0.1) is 11.6 Å². The van der Waals surface area contributed by atoms with Gasteiger partial charge in [-0.25, -0.2) is 18.6 Å². The van der Waals surface area contributed by atoms with Gasteiger partial charge in [-0.1, -0.05) is 30.3 Å². The lowest BCUT2D eigenvalue weighted by atomic mass is 9.93. The number of benzene rings is 3. The number of carbonyl (C=O) groups excluding carboxylic acids is 1. The van der Waals surface area contributed by atoms with E-state index in [1.807, 2.05) is 23.1 Å². The minimum atomic E-state index is -1.46. The van der Waals surface area contributed by atoms with Crippen LogP contribution in [0.3, 0.4) is 0 Å². The summed E-state index contributed by atoms with van der Waals surface area (Å²) in [6, 6.07) is 17.1. The number of rotatable bonds is 11. The Bertz CT molecular complexity index is 1500. The standard InChI is InChI=1S/C31H29F2N3O3S/c1-31(30(38)39,13-16-40-2)35-29(37)27-12-3-21(18-28(27)23-6-10-26(33)11-7-23)17-24(19-36-15-14-34-20-36)22-4-8-25(32)9-5-22/h3-12,14-15,17-18,20H,13,16,19H2,1-2H3,(H,35,37)(H,38,39)/b24-17-. The number of nitrogens with zero attached hydrogens (tertiary/aromatic N) is 2. The second-order valence-electron chi connectivity index (χ2n) is 9.56. The molecule has 0 saturated carbocycles. The lowest BCUT2D eigenvalue weighted by Gasteiger charge is -2.26. The first-order chi connectivity index (χ1) is 19.2. The van der Waals surface area contributed by atoms with E-state index in [9.17, 15) is 23.5 Å². The minimum Gasteiger partial charge on any atom is -0.480 e. The van der Waals surface area contributed by atoms with Crippen LogP contribution in [0.25, 0.3) is 22.8 Å². The van der Waals surface area contributed by atoms with Gasteiger partial charge in [0.15, 0.2) is 0 Å². The lowest BCUT2D eigenvalue weighted by Crippen LogP contribution is -2.52. The summed E-state index contributed by atoms with van der Waals surface area (Å²) < 4.78 is 29.3. The summed E-state index contributed by atoms with van der Waals surface area (Å²) in [6.07, 6.45) is 9.23. The van der Waals surface area contributed by atoms with Crippen LogP contribution in [-0.4, -0.2) is 44.1 Å². The van der Waals surface area contributed by atoms with Crippen molar-refractivity contribution < 1.29 is 23.5 Å². The van der Waals surface area contributed by atoms with E-state index >= 15 is 0 Å². The van der Waals surface area contributed by atoms with Crippen LogP contribution in [0.2, 0.25) is 0 Å². The fraction of sp³-hybridized carbons (Fsp3) is 0.194. The van der Waals surface area contributed by atoms with Gasteiger partial charge in [0, 0.05) is 24.5 Å². The molecular weight excluding hydrogens is 532 g/mol. The quantitative estimate of drug-likeness (QED) is 0.207. The summed E-state index contributed by atoms with van der Waals surface area (Å²) >= 11 is 1.49. The predicted octanol–water partition coefficient (Wildman–Crippen LogP) is 6.40. The third kappa shape index (κ3) is 7.04. The molecule has 0 spiro atoms. The maximum absolute atomic E-state index is 13.7. The zero-order valence-electron chi connectivity index (χ0n) is 22.1. The van der Waals surface area contributed by atoms with Crippen molar-refractivity contribution in [1.82, 2.24) is 14.9 Å². The summed E-state index contributed by atoms with van der Waals surface area (Å²) in [5, 5.41) is 12.5. The molecule has 2 N–H and O–H groups in total. The Morgan fingerprint density at radius 1 is 1.05 bits per heavy atom. The first kappa shape index (κ1) is 28.8. The van der Waals surface area contributed by atoms with Crippen molar-refractivity contribution in [2.75, 3.05) is 12.0 Å². The van der Waals surface area contributed by atoms with Crippen molar-refractivity contribution in [1.29, 1.82) is 0 Å². The highest BCUT2D eigenvalue weighted by molar-refractivity contribution is 7.98. The number of halogens is 2. The molecule has 1 atom stereocenters. The maximum Gasteiger partial charge on any atom is 0.329 e. The molecule has 1 unspecified atom stereocenters. The van der Waals surface area contributed by atoms with Gasteiger partial charge in [-0.15, -0.1) is 0 Å². The van der Waals surface area contributed by atoms with Gasteiger partial charge >= 0.3 is 5.97 Å². The van der Waals surface area contributed by atoms with Crippen LogP contribution in [0.4, 0.5) is 8.78 Å². The molecule has 6 nitrogen and oxygen atoms in total. The number of hydrogen-bond donors (Lipinski definition) is 2. The Balaban J connectivity index is 1.78. The molecule has 1 aromatic heterocycles. The summed E-state index contributed by atoms with van der Waals surface area (Å²) in [7, 11) is 0. The number of hydrogen-bond acceptors (Lipinski definition) is 4. The molecule has 0 aliphatic rings. The molecule has 0 saturated heterocycles. The molecular formula is C31H29F2N3O3S. The van der Waals surface area contributed by atoms with E-state index in [2.05, 4.69) is 10.3 Å². The number of carbonyl (C=O) groups is 2. The number of amides is 1. The summed E-state index contributed by atoms with van der Waals surface area (Å²) in [5.74, 6) is -1.87. The maximum atomic E-state index is 13.7. The molecule has 40 heavy (non-hydrogen) atoms. The normalized spacial score (nSPS) is 13.1. The molecule has 9 heteroatoms. The largest absolute Gasteiger partial charge is 0.480 e. The average molecular weight is 562 g/mol. The molecule has 1 amide bonds. The lowest BCUT2D eigenvalue weighted by molar-refractivity contribution is -0.143. The van der Waals surface area contributed by atoms with E-state index in [0.29, 0.717) is 23.4 Å². The number of aromatic nitrogens is 2. The first-order valence-electron chi connectivity index (χ1n) is 12.6. The minimum absolute atomic E-state index is 0.247. The topological polar surface area (TPSA) is 84.2 Å². The van der Waals surface area contributed by atoms with Gasteiger partial charge in [0.25, 0.3) is 5.91 Å².